The van der Waals surface area contributed by atoms with Crippen molar-refractivity contribution in [3.05, 3.63) is 45.9 Å². The highest BCUT2D eigenvalue weighted by molar-refractivity contribution is 9.10. The van der Waals surface area contributed by atoms with Crippen LogP contribution in [0.1, 0.15) is 6.42 Å². The van der Waals surface area contributed by atoms with Crippen molar-refractivity contribution in [1.82, 2.24) is 10.2 Å². The predicted molar refractivity (Wildman–Crippen MR) is 115 cm³/mol. The molecule has 1 unspecified atom stereocenters. The Morgan fingerprint density at radius 2 is 1.96 bits per heavy atom. The number of hydroxylamine groups is 1. The largest absolute Gasteiger partial charge is 0.504 e. The molecule has 0 aliphatic carbocycles. The third kappa shape index (κ3) is 4.92. The molecule has 3 rings (SSSR count). The van der Waals surface area contributed by atoms with Crippen LogP contribution in [0.4, 0.5) is 11.4 Å². The highest BCUT2D eigenvalue weighted by Gasteiger charge is 2.29. The number of halogens is 2. The highest BCUT2D eigenvalue weighted by Crippen LogP contribution is 2.37. The summed E-state index contributed by atoms with van der Waals surface area (Å²) in [5, 5.41) is 16.3. The highest BCUT2D eigenvalue weighted by atomic mass is 79.9. The lowest BCUT2D eigenvalue weighted by Gasteiger charge is -2.17. The summed E-state index contributed by atoms with van der Waals surface area (Å²) >= 11 is 14.7. The molecular weight excluding hydrogens is 492 g/mol. The van der Waals surface area contributed by atoms with Crippen LogP contribution in [0, 0.1) is 0 Å². The average molecular weight is 508 g/mol. The van der Waals surface area contributed by atoms with Crippen molar-refractivity contribution < 1.29 is 18.4 Å². The number of benzene rings is 2. The normalized spacial score (nSPS) is 16.7. The molecule has 0 saturated carbocycles. The average Bonchev–Trinajstić information content (AvgIpc) is 3.11. The van der Waals surface area contributed by atoms with Crippen LogP contribution in [0.25, 0.3) is 0 Å². The first-order valence-electron chi connectivity index (χ1n) is 8.01. The molecule has 1 fully saturated rings. The topological polar surface area (TPSA) is 112 Å². The summed E-state index contributed by atoms with van der Waals surface area (Å²) in [6, 6.07) is 10.1. The lowest BCUT2D eigenvalue weighted by atomic mass is 10.3. The molecule has 2 aromatic rings. The maximum absolute atomic E-state index is 12.7. The van der Waals surface area contributed by atoms with Gasteiger partial charge in [-0.2, -0.15) is 10.2 Å². The van der Waals surface area contributed by atoms with Gasteiger partial charge in [-0.3, -0.25) is 0 Å². The van der Waals surface area contributed by atoms with Gasteiger partial charge in [0, 0.05) is 10.9 Å². The molecule has 0 amide bonds. The standard InChI is InChI=1S/C16H16BrClN4O4S2/c17-9-3-1-2-4-11(9)19-16(27)20-12-6-5-10(18)15(14(12)23)28(24,25)22-13-7-8-26-21-13/h1-6,13,21-23H,7-8H2,(H2,19,20,27). The molecule has 0 radical (unpaired) electrons. The Kier molecular flexibility index (Phi) is 6.76. The van der Waals surface area contributed by atoms with Crippen molar-refractivity contribution >= 4 is 66.3 Å². The number of aromatic hydroxyl groups is 1. The van der Waals surface area contributed by atoms with E-state index in [1.807, 2.05) is 18.2 Å². The van der Waals surface area contributed by atoms with E-state index in [1.165, 1.54) is 12.1 Å². The molecule has 1 atom stereocenters. The summed E-state index contributed by atoms with van der Waals surface area (Å²) in [4.78, 5) is 4.48. The summed E-state index contributed by atoms with van der Waals surface area (Å²) < 4.78 is 28.5. The molecule has 5 N–H and O–H groups in total. The Bertz CT molecular complexity index is 1000. The maximum atomic E-state index is 12.7. The maximum Gasteiger partial charge on any atom is 0.247 e. The van der Waals surface area contributed by atoms with Crippen LogP contribution in [0.2, 0.25) is 5.02 Å². The van der Waals surface area contributed by atoms with Crippen molar-refractivity contribution in [3.63, 3.8) is 0 Å². The molecule has 1 aliphatic heterocycles. The zero-order chi connectivity index (χ0) is 20.3. The lowest BCUT2D eigenvalue weighted by Crippen LogP contribution is -2.40. The Morgan fingerprint density at radius 1 is 1.25 bits per heavy atom. The molecule has 0 spiro atoms. The third-order valence-corrected chi connectivity index (χ3v) is 6.62. The van der Waals surface area contributed by atoms with E-state index in [0.29, 0.717) is 18.7 Å². The molecule has 150 valence electrons. The molecule has 28 heavy (non-hydrogen) atoms. The number of nitrogens with one attached hydrogen (secondary N) is 4. The predicted octanol–water partition coefficient (Wildman–Crippen LogP) is 3.15. The monoisotopic (exact) mass is 506 g/mol. The van der Waals surface area contributed by atoms with Crippen LogP contribution in [-0.2, 0) is 14.9 Å². The van der Waals surface area contributed by atoms with Gasteiger partial charge in [0.25, 0.3) is 0 Å². The van der Waals surface area contributed by atoms with Gasteiger partial charge in [-0.15, -0.1) is 0 Å². The molecule has 1 heterocycles. The molecule has 8 nitrogen and oxygen atoms in total. The van der Waals surface area contributed by atoms with Crippen molar-refractivity contribution in [1.29, 1.82) is 0 Å². The van der Waals surface area contributed by atoms with Gasteiger partial charge in [0.15, 0.2) is 10.9 Å². The molecule has 12 heteroatoms. The number of hydrogen-bond acceptors (Lipinski definition) is 6. The summed E-state index contributed by atoms with van der Waals surface area (Å²) in [5.74, 6) is -0.546. The van der Waals surface area contributed by atoms with Crippen molar-refractivity contribution in [2.75, 3.05) is 17.2 Å². The van der Waals surface area contributed by atoms with Gasteiger partial charge < -0.3 is 20.6 Å². The molecule has 0 bridgehead atoms. The lowest BCUT2D eigenvalue weighted by molar-refractivity contribution is 0.0866. The van der Waals surface area contributed by atoms with Crippen molar-refractivity contribution in [3.8, 4) is 5.75 Å². The van der Waals surface area contributed by atoms with Crippen LogP contribution < -0.4 is 20.8 Å². The fourth-order valence-corrected chi connectivity index (χ4v) is 4.87. The molecule has 2 aromatic carbocycles. The van der Waals surface area contributed by atoms with E-state index in [-0.39, 0.29) is 15.8 Å². The first-order chi connectivity index (χ1) is 13.3. The quantitative estimate of drug-likeness (QED) is 0.310. The summed E-state index contributed by atoms with van der Waals surface area (Å²) in [5.41, 5.74) is 3.33. The first kappa shape index (κ1) is 21.2. The minimum absolute atomic E-state index is 0.0879. The van der Waals surface area contributed by atoms with E-state index in [1.54, 1.807) is 6.07 Å². The zero-order valence-electron chi connectivity index (χ0n) is 14.2. The van der Waals surface area contributed by atoms with E-state index < -0.39 is 26.8 Å². The number of phenolic OH excluding ortho intramolecular Hbond substituents is 1. The zero-order valence-corrected chi connectivity index (χ0v) is 18.2. The third-order valence-electron chi connectivity index (χ3n) is 3.75. The van der Waals surface area contributed by atoms with Gasteiger partial charge in [-0.1, -0.05) is 23.7 Å². The fourth-order valence-electron chi connectivity index (χ4n) is 2.47. The van der Waals surface area contributed by atoms with Gasteiger partial charge in [0.05, 0.1) is 29.2 Å². The van der Waals surface area contributed by atoms with Crippen LogP contribution in [0.15, 0.2) is 45.8 Å². The smallest absolute Gasteiger partial charge is 0.247 e. The number of para-hydroxylation sites is 1. The minimum atomic E-state index is -4.11. The van der Waals surface area contributed by atoms with Gasteiger partial charge in [-0.05, 0) is 52.4 Å². The Labute approximate surface area is 180 Å². The van der Waals surface area contributed by atoms with E-state index in [2.05, 4.69) is 36.8 Å². The SMILES string of the molecule is O=S(=O)(NC1CCON1)c1c(Cl)ccc(NC(=S)Nc2ccccc2Br)c1O. The molecular formula is C16H16BrClN4O4S2. The second kappa shape index (κ2) is 8.91. The van der Waals surface area contributed by atoms with Crippen molar-refractivity contribution in [2.45, 2.75) is 17.5 Å². The molecule has 1 saturated heterocycles. The van der Waals surface area contributed by atoms with Crippen LogP contribution in [0.5, 0.6) is 5.75 Å². The second-order valence-electron chi connectivity index (χ2n) is 5.76. The van der Waals surface area contributed by atoms with E-state index in [9.17, 15) is 13.5 Å². The summed E-state index contributed by atoms with van der Waals surface area (Å²) in [7, 11) is -4.11. The number of rotatable bonds is 5. The minimum Gasteiger partial charge on any atom is -0.504 e. The first-order valence-corrected chi connectivity index (χ1v) is 11.1. The van der Waals surface area contributed by atoms with Crippen LogP contribution in [0.3, 0.4) is 0 Å². The van der Waals surface area contributed by atoms with E-state index in [4.69, 9.17) is 28.7 Å². The van der Waals surface area contributed by atoms with Gasteiger partial charge in [0.2, 0.25) is 10.0 Å². The Balaban J connectivity index is 1.82. The number of hydrogen-bond donors (Lipinski definition) is 5. The number of phenols is 1. The number of anilines is 2. The second-order valence-corrected chi connectivity index (χ2v) is 9.08. The van der Waals surface area contributed by atoms with Crippen LogP contribution in [-0.4, -0.2) is 31.4 Å². The Hall–Kier alpha value is -1.47. The fraction of sp³-hybridized carbons (Fsp3) is 0.188. The summed E-state index contributed by atoms with van der Waals surface area (Å²) in [6.07, 6.45) is -0.176. The molecule has 1 aliphatic rings. The summed E-state index contributed by atoms with van der Waals surface area (Å²) in [6.45, 7) is 0.365. The number of thiocarbonyl (C=S) groups is 1. The van der Waals surface area contributed by atoms with Crippen LogP contribution >= 0.6 is 39.7 Å². The number of sulfonamides is 1. The molecule has 0 aromatic heterocycles. The van der Waals surface area contributed by atoms with Gasteiger partial charge in [0.1, 0.15) is 4.90 Å². The van der Waals surface area contributed by atoms with Gasteiger partial charge in [-0.25, -0.2) is 8.42 Å². The Morgan fingerprint density at radius 3 is 2.64 bits per heavy atom. The van der Waals surface area contributed by atoms with Gasteiger partial charge >= 0.3 is 0 Å². The van der Waals surface area contributed by atoms with E-state index >= 15 is 0 Å². The van der Waals surface area contributed by atoms with E-state index in [0.717, 1.165) is 4.47 Å². The van der Waals surface area contributed by atoms with Crippen molar-refractivity contribution in [2.24, 2.45) is 0 Å².